The zero-order valence-corrected chi connectivity index (χ0v) is 11.0. The molecule has 0 atom stereocenters. The summed E-state index contributed by atoms with van der Waals surface area (Å²) in [5.41, 5.74) is 0.937. The lowest BCUT2D eigenvalue weighted by atomic mass is 10.1. The molecule has 0 aliphatic rings. The summed E-state index contributed by atoms with van der Waals surface area (Å²) < 4.78 is 6.89. The topological polar surface area (TPSA) is 44.1 Å². The molecule has 0 radical (unpaired) electrons. The number of esters is 1. The van der Waals surface area contributed by atoms with Crippen molar-refractivity contribution in [2.24, 2.45) is 13.0 Å². The van der Waals surface area contributed by atoms with E-state index in [1.807, 2.05) is 19.3 Å². The van der Waals surface area contributed by atoms with E-state index in [-0.39, 0.29) is 5.97 Å². The first-order valence-electron chi connectivity index (χ1n) is 6.22. The first-order chi connectivity index (χ1) is 8.08. The molecule has 0 amide bonds. The van der Waals surface area contributed by atoms with Crippen LogP contribution < -0.4 is 0 Å². The molecular formula is C13H22N2O2. The number of rotatable bonds is 7. The molecule has 0 aliphatic heterocycles. The Bertz CT molecular complexity index is 345. The third kappa shape index (κ3) is 6.09. The van der Waals surface area contributed by atoms with Crippen molar-refractivity contribution in [1.29, 1.82) is 0 Å². The fourth-order valence-corrected chi connectivity index (χ4v) is 1.58. The standard InChI is InChI=1S/C13H22N2O2/c1-11(2)5-4-10-17-13(16)7-6-12-8-9-15(3)14-12/h8-9,11H,4-7,10H2,1-3H3. The van der Waals surface area contributed by atoms with E-state index < -0.39 is 0 Å². The summed E-state index contributed by atoms with van der Waals surface area (Å²) in [6.45, 7) is 4.88. The lowest BCUT2D eigenvalue weighted by molar-refractivity contribution is -0.143. The summed E-state index contributed by atoms with van der Waals surface area (Å²) in [5, 5.41) is 4.21. The van der Waals surface area contributed by atoms with Crippen LogP contribution in [0.4, 0.5) is 0 Å². The molecule has 4 heteroatoms. The molecule has 1 aromatic rings. The molecule has 0 aliphatic carbocycles. The molecule has 1 rings (SSSR count). The van der Waals surface area contributed by atoms with Crippen LogP contribution >= 0.6 is 0 Å². The fraction of sp³-hybridized carbons (Fsp3) is 0.692. The zero-order chi connectivity index (χ0) is 12.7. The molecule has 0 fully saturated rings. The van der Waals surface area contributed by atoms with Gasteiger partial charge in [-0.2, -0.15) is 5.10 Å². The van der Waals surface area contributed by atoms with Crippen molar-refractivity contribution < 1.29 is 9.53 Å². The van der Waals surface area contributed by atoms with Crippen molar-refractivity contribution in [3.8, 4) is 0 Å². The van der Waals surface area contributed by atoms with E-state index in [4.69, 9.17) is 4.74 Å². The second-order valence-electron chi connectivity index (χ2n) is 4.74. The molecule has 1 heterocycles. The van der Waals surface area contributed by atoms with Crippen LogP contribution in [-0.2, 0) is 23.0 Å². The average molecular weight is 238 g/mol. The summed E-state index contributed by atoms with van der Waals surface area (Å²) in [6.07, 6.45) is 5.01. The molecule has 0 unspecified atom stereocenters. The van der Waals surface area contributed by atoms with Crippen LogP contribution in [0.1, 0.15) is 38.8 Å². The smallest absolute Gasteiger partial charge is 0.306 e. The van der Waals surface area contributed by atoms with Gasteiger partial charge in [-0.15, -0.1) is 0 Å². The van der Waals surface area contributed by atoms with Crippen LogP contribution in [-0.4, -0.2) is 22.4 Å². The molecule has 0 bridgehead atoms. The van der Waals surface area contributed by atoms with Gasteiger partial charge in [0.25, 0.3) is 0 Å². The summed E-state index contributed by atoms with van der Waals surface area (Å²) in [6, 6.07) is 1.92. The highest BCUT2D eigenvalue weighted by atomic mass is 16.5. The van der Waals surface area contributed by atoms with E-state index in [2.05, 4.69) is 18.9 Å². The number of hydrogen-bond donors (Lipinski definition) is 0. The van der Waals surface area contributed by atoms with Crippen molar-refractivity contribution in [3.63, 3.8) is 0 Å². The Hall–Kier alpha value is -1.32. The van der Waals surface area contributed by atoms with Crippen LogP contribution in [0.25, 0.3) is 0 Å². The van der Waals surface area contributed by atoms with Crippen LogP contribution in [0.15, 0.2) is 12.3 Å². The quantitative estimate of drug-likeness (QED) is 0.541. The summed E-state index contributed by atoms with van der Waals surface area (Å²) in [5.74, 6) is 0.543. The summed E-state index contributed by atoms with van der Waals surface area (Å²) in [4.78, 5) is 11.4. The molecule has 0 saturated heterocycles. The second kappa shape index (κ2) is 7.09. The molecule has 0 saturated carbocycles. The third-order valence-corrected chi connectivity index (χ3v) is 2.54. The first-order valence-corrected chi connectivity index (χ1v) is 6.22. The van der Waals surface area contributed by atoms with Crippen LogP contribution in [0.5, 0.6) is 0 Å². The van der Waals surface area contributed by atoms with Crippen molar-refractivity contribution in [2.45, 2.75) is 39.5 Å². The summed E-state index contributed by atoms with van der Waals surface area (Å²) in [7, 11) is 1.87. The average Bonchev–Trinajstić information content (AvgIpc) is 2.67. The van der Waals surface area contributed by atoms with Gasteiger partial charge in [0.15, 0.2) is 0 Å². The molecule has 4 nitrogen and oxygen atoms in total. The van der Waals surface area contributed by atoms with Gasteiger partial charge in [-0.25, -0.2) is 0 Å². The Kier molecular flexibility index (Phi) is 5.73. The largest absolute Gasteiger partial charge is 0.466 e. The Morgan fingerprint density at radius 3 is 2.88 bits per heavy atom. The zero-order valence-electron chi connectivity index (χ0n) is 11.0. The number of carbonyl (C=O) groups excluding carboxylic acids is 1. The van der Waals surface area contributed by atoms with Crippen molar-refractivity contribution in [1.82, 2.24) is 9.78 Å². The van der Waals surface area contributed by atoms with E-state index >= 15 is 0 Å². The number of carbonyl (C=O) groups is 1. The SMILES string of the molecule is CC(C)CCCOC(=O)CCc1ccn(C)n1. The highest BCUT2D eigenvalue weighted by Gasteiger charge is 2.05. The van der Waals surface area contributed by atoms with Crippen molar-refractivity contribution in [2.75, 3.05) is 6.61 Å². The number of hydrogen-bond acceptors (Lipinski definition) is 3. The molecule has 0 aromatic carbocycles. The highest BCUT2D eigenvalue weighted by molar-refractivity contribution is 5.69. The summed E-state index contributed by atoms with van der Waals surface area (Å²) >= 11 is 0. The fourth-order valence-electron chi connectivity index (χ4n) is 1.58. The van der Waals surface area contributed by atoms with Gasteiger partial charge in [0.2, 0.25) is 0 Å². The molecule has 96 valence electrons. The Labute approximate surface area is 103 Å². The van der Waals surface area contributed by atoms with E-state index in [1.165, 1.54) is 0 Å². The maximum Gasteiger partial charge on any atom is 0.306 e. The molecule has 1 aromatic heterocycles. The predicted molar refractivity (Wildman–Crippen MR) is 66.6 cm³/mol. The normalized spacial score (nSPS) is 10.8. The van der Waals surface area contributed by atoms with Gasteiger partial charge in [0, 0.05) is 19.7 Å². The van der Waals surface area contributed by atoms with Crippen LogP contribution in [0, 0.1) is 5.92 Å². The lowest BCUT2D eigenvalue weighted by Gasteiger charge is -2.05. The van der Waals surface area contributed by atoms with Crippen LogP contribution in [0.3, 0.4) is 0 Å². The van der Waals surface area contributed by atoms with Crippen LogP contribution in [0.2, 0.25) is 0 Å². The Balaban J connectivity index is 2.09. The predicted octanol–water partition coefficient (Wildman–Crippen LogP) is 2.33. The van der Waals surface area contributed by atoms with Gasteiger partial charge < -0.3 is 4.74 Å². The maximum atomic E-state index is 11.4. The van der Waals surface area contributed by atoms with Gasteiger partial charge in [0.1, 0.15) is 0 Å². The minimum atomic E-state index is -0.126. The van der Waals surface area contributed by atoms with E-state index in [0.717, 1.165) is 18.5 Å². The third-order valence-electron chi connectivity index (χ3n) is 2.54. The van der Waals surface area contributed by atoms with Crippen molar-refractivity contribution >= 4 is 5.97 Å². The Morgan fingerprint density at radius 2 is 2.29 bits per heavy atom. The van der Waals surface area contributed by atoms with E-state index in [9.17, 15) is 4.79 Å². The number of aryl methyl sites for hydroxylation is 2. The Morgan fingerprint density at radius 1 is 1.53 bits per heavy atom. The molecule has 0 spiro atoms. The molecular weight excluding hydrogens is 216 g/mol. The highest BCUT2D eigenvalue weighted by Crippen LogP contribution is 2.04. The molecule has 17 heavy (non-hydrogen) atoms. The van der Waals surface area contributed by atoms with E-state index in [1.54, 1.807) is 4.68 Å². The second-order valence-corrected chi connectivity index (χ2v) is 4.74. The number of aromatic nitrogens is 2. The number of ether oxygens (including phenoxy) is 1. The van der Waals surface area contributed by atoms with E-state index in [0.29, 0.717) is 25.4 Å². The lowest BCUT2D eigenvalue weighted by Crippen LogP contribution is -2.08. The van der Waals surface area contributed by atoms with Gasteiger partial charge in [0.05, 0.1) is 18.7 Å². The van der Waals surface area contributed by atoms with Gasteiger partial charge >= 0.3 is 5.97 Å². The van der Waals surface area contributed by atoms with Gasteiger partial charge in [-0.05, 0) is 24.8 Å². The minimum Gasteiger partial charge on any atom is -0.466 e. The maximum absolute atomic E-state index is 11.4. The number of nitrogens with zero attached hydrogens (tertiary/aromatic N) is 2. The van der Waals surface area contributed by atoms with Gasteiger partial charge in [-0.1, -0.05) is 13.8 Å². The molecule has 0 N–H and O–H groups in total. The monoisotopic (exact) mass is 238 g/mol. The first kappa shape index (κ1) is 13.7. The minimum absolute atomic E-state index is 0.126. The van der Waals surface area contributed by atoms with Gasteiger partial charge in [-0.3, -0.25) is 9.48 Å². The van der Waals surface area contributed by atoms with Crippen molar-refractivity contribution in [3.05, 3.63) is 18.0 Å².